The van der Waals surface area contributed by atoms with E-state index in [1.165, 1.54) is 43.2 Å². The summed E-state index contributed by atoms with van der Waals surface area (Å²) < 4.78 is 0. The third-order valence-electron chi connectivity index (χ3n) is 6.68. The van der Waals surface area contributed by atoms with Gasteiger partial charge in [0.25, 0.3) is 0 Å². The number of aryl methyl sites for hydroxylation is 1. The first-order valence-corrected chi connectivity index (χ1v) is 10.4. The molecular weight excluding hydrogens is 322 g/mol. The van der Waals surface area contributed by atoms with Gasteiger partial charge in [0, 0.05) is 5.92 Å². The SMILES string of the molecule is CCCCCC1CCc2cc(C(=O)O)ccc2C1C1CCC(C#N)CC1. The van der Waals surface area contributed by atoms with Gasteiger partial charge in [-0.3, -0.25) is 0 Å². The van der Waals surface area contributed by atoms with Crippen LogP contribution in [0.15, 0.2) is 18.2 Å². The summed E-state index contributed by atoms with van der Waals surface area (Å²) in [6, 6.07) is 8.26. The Labute approximate surface area is 157 Å². The highest BCUT2D eigenvalue weighted by molar-refractivity contribution is 5.88. The molecular formula is C23H31NO2. The molecule has 0 radical (unpaired) electrons. The van der Waals surface area contributed by atoms with Crippen LogP contribution in [0.1, 0.15) is 92.1 Å². The van der Waals surface area contributed by atoms with Crippen LogP contribution < -0.4 is 0 Å². The number of unbranched alkanes of at least 4 members (excludes halogenated alkanes) is 2. The molecule has 1 saturated carbocycles. The van der Waals surface area contributed by atoms with Gasteiger partial charge in [0.15, 0.2) is 0 Å². The van der Waals surface area contributed by atoms with Gasteiger partial charge in [-0.15, -0.1) is 0 Å². The van der Waals surface area contributed by atoms with Crippen LogP contribution >= 0.6 is 0 Å². The minimum absolute atomic E-state index is 0.238. The number of hydrogen-bond acceptors (Lipinski definition) is 2. The molecule has 0 aliphatic heterocycles. The molecule has 0 bridgehead atoms. The number of fused-ring (bicyclic) bond motifs is 1. The average Bonchev–Trinajstić information content (AvgIpc) is 2.67. The Balaban J connectivity index is 1.84. The van der Waals surface area contributed by atoms with Gasteiger partial charge in [-0.25, -0.2) is 4.79 Å². The number of nitrogens with zero attached hydrogens (tertiary/aromatic N) is 1. The van der Waals surface area contributed by atoms with Crippen molar-refractivity contribution < 1.29 is 9.90 Å². The maximum atomic E-state index is 11.3. The van der Waals surface area contributed by atoms with Gasteiger partial charge < -0.3 is 5.11 Å². The third-order valence-corrected chi connectivity index (χ3v) is 6.68. The molecule has 3 nitrogen and oxygen atoms in total. The fourth-order valence-corrected chi connectivity index (χ4v) is 5.28. The van der Waals surface area contributed by atoms with Crippen LogP contribution in [0.3, 0.4) is 0 Å². The zero-order valence-electron chi connectivity index (χ0n) is 15.9. The molecule has 2 aliphatic carbocycles. The van der Waals surface area contributed by atoms with E-state index in [1.807, 2.05) is 6.07 Å². The topological polar surface area (TPSA) is 61.1 Å². The molecule has 1 N–H and O–H groups in total. The average molecular weight is 354 g/mol. The summed E-state index contributed by atoms with van der Waals surface area (Å²) in [5.41, 5.74) is 3.08. The smallest absolute Gasteiger partial charge is 0.335 e. The summed E-state index contributed by atoms with van der Waals surface area (Å²) in [5.74, 6) is 1.33. The molecule has 2 aliphatic rings. The number of carboxylic acids is 1. The molecule has 3 rings (SSSR count). The maximum absolute atomic E-state index is 11.3. The molecule has 0 aromatic heterocycles. The van der Waals surface area contributed by atoms with Crippen LogP contribution in [-0.4, -0.2) is 11.1 Å². The number of aromatic carboxylic acids is 1. The highest BCUT2D eigenvalue weighted by Crippen LogP contribution is 2.48. The van der Waals surface area contributed by atoms with Crippen molar-refractivity contribution in [2.45, 2.75) is 77.0 Å². The Hall–Kier alpha value is -1.82. The van der Waals surface area contributed by atoms with Crippen molar-refractivity contribution in [3.63, 3.8) is 0 Å². The molecule has 0 heterocycles. The second-order valence-electron chi connectivity index (χ2n) is 8.28. The van der Waals surface area contributed by atoms with Crippen molar-refractivity contribution in [1.29, 1.82) is 5.26 Å². The number of carboxylic acid groups (broad SMARTS) is 1. The molecule has 26 heavy (non-hydrogen) atoms. The number of hydrogen-bond donors (Lipinski definition) is 1. The van der Waals surface area contributed by atoms with Gasteiger partial charge in [0.1, 0.15) is 0 Å². The Morgan fingerprint density at radius 2 is 1.96 bits per heavy atom. The minimum atomic E-state index is -0.830. The zero-order chi connectivity index (χ0) is 18.5. The van der Waals surface area contributed by atoms with Crippen molar-refractivity contribution in [3.8, 4) is 6.07 Å². The maximum Gasteiger partial charge on any atom is 0.335 e. The molecule has 2 atom stereocenters. The fourth-order valence-electron chi connectivity index (χ4n) is 5.28. The van der Waals surface area contributed by atoms with Gasteiger partial charge in [-0.1, -0.05) is 32.3 Å². The first-order chi connectivity index (χ1) is 12.6. The Morgan fingerprint density at radius 1 is 1.19 bits per heavy atom. The zero-order valence-corrected chi connectivity index (χ0v) is 15.9. The number of carbonyl (C=O) groups is 1. The quantitative estimate of drug-likeness (QED) is 0.644. The van der Waals surface area contributed by atoms with Crippen molar-refractivity contribution in [3.05, 3.63) is 34.9 Å². The summed E-state index contributed by atoms with van der Waals surface area (Å²) in [4.78, 5) is 11.3. The lowest BCUT2D eigenvalue weighted by Crippen LogP contribution is -2.30. The second-order valence-corrected chi connectivity index (χ2v) is 8.28. The lowest BCUT2D eigenvalue weighted by atomic mass is 9.63. The van der Waals surface area contributed by atoms with E-state index in [2.05, 4.69) is 19.1 Å². The highest BCUT2D eigenvalue weighted by atomic mass is 16.4. The van der Waals surface area contributed by atoms with E-state index >= 15 is 0 Å². The normalized spacial score (nSPS) is 28.2. The van der Waals surface area contributed by atoms with Crippen LogP contribution in [-0.2, 0) is 6.42 Å². The van der Waals surface area contributed by atoms with E-state index in [0.29, 0.717) is 23.3 Å². The van der Waals surface area contributed by atoms with Crippen LogP contribution in [0, 0.1) is 29.1 Å². The minimum Gasteiger partial charge on any atom is -0.478 e. The van der Waals surface area contributed by atoms with E-state index in [9.17, 15) is 15.2 Å². The van der Waals surface area contributed by atoms with E-state index < -0.39 is 5.97 Å². The van der Waals surface area contributed by atoms with Gasteiger partial charge in [0.05, 0.1) is 11.6 Å². The Kier molecular flexibility index (Phi) is 6.35. The van der Waals surface area contributed by atoms with Crippen LogP contribution in [0.5, 0.6) is 0 Å². The monoisotopic (exact) mass is 353 g/mol. The first-order valence-electron chi connectivity index (χ1n) is 10.4. The van der Waals surface area contributed by atoms with Crippen molar-refractivity contribution in [1.82, 2.24) is 0 Å². The molecule has 140 valence electrons. The summed E-state index contributed by atoms with van der Waals surface area (Å²) in [6.07, 6.45) is 11.7. The predicted octanol–water partition coefficient (Wildman–Crippen LogP) is 5.94. The lowest BCUT2D eigenvalue weighted by Gasteiger charge is -2.41. The first kappa shape index (κ1) is 19.0. The Morgan fingerprint density at radius 3 is 2.62 bits per heavy atom. The van der Waals surface area contributed by atoms with E-state index in [0.717, 1.165) is 32.1 Å². The van der Waals surface area contributed by atoms with Crippen LogP contribution in [0.2, 0.25) is 0 Å². The molecule has 1 fully saturated rings. The summed E-state index contributed by atoms with van der Waals surface area (Å²) in [5, 5.41) is 18.5. The molecule has 1 aromatic carbocycles. The van der Waals surface area contributed by atoms with Gasteiger partial charge in [-0.05, 0) is 86.0 Å². The largest absolute Gasteiger partial charge is 0.478 e. The lowest BCUT2D eigenvalue weighted by molar-refractivity contribution is 0.0696. The van der Waals surface area contributed by atoms with Gasteiger partial charge in [-0.2, -0.15) is 5.26 Å². The van der Waals surface area contributed by atoms with Gasteiger partial charge in [0.2, 0.25) is 0 Å². The molecule has 0 amide bonds. The molecule has 0 saturated heterocycles. The molecule has 2 unspecified atom stereocenters. The fraction of sp³-hybridized carbons (Fsp3) is 0.652. The van der Waals surface area contributed by atoms with Crippen molar-refractivity contribution in [2.24, 2.45) is 17.8 Å². The van der Waals surface area contributed by atoms with Gasteiger partial charge >= 0.3 is 5.97 Å². The molecule has 0 spiro atoms. The number of nitriles is 1. The number of rotatable bonds is 6. The molecule has 3 heteroatoms. The Bertz CT molecular complexity index is 667. The van der Waals surface area contributed by atoms with Crippen LogP contribution in [0.25, 0.3) is 0 Å². The summed E-state index contributed by atoms with van der Waals surface area (Å²) >= 11 is 0. The molecule has 1 aromatic rings. The van der Waals surface area contributed by atoms with Crippen molar-refractivity contribution in [2.75, 3.05) is 0 Å². The van der Waals surface area contributed by atoms with E-state index in [1.54, 1.807) is 6.07 Å². The van der Waals surface area contributed by atoms with E-state index in [4.69, 9.17) is 0 Å². The standard InChI is InChI=1S/C23H31NO2/c1-2-3-4-5-17-10-11-19-14-20(23(25)26)12-13-21(19)22(17)18-8-6-16(15-24)7-9-18/h12-14,16-18,22H,2-11H2,1H3,(H,25,26). The summed E-state index contributed by atoms with van der Waals surface area (Å²) in [6.45, 7) is 2.25. The van der Waals surface area contributed by atoms with E-state index in [-0.39, 0.29) is 5.92 Å². The van der Waals surface area contributed by atoms with Crippen molar-refractivity contribution >= 4 is 5.97 Å². The predicted molar refractivity (Wildman–Crippen MR) is 103 cm³/mol. The second kappa shape index (κ2) is 8.71. The number of benzene rings is 1. The highest BCUT2D eigenvalue weighted by Gasteiger charge is 2.37. The summed E-state index contributed by atoms with van der Waals surface area (Å²) in [7, 11) is 0. The third kappa shape index (κ3) is 4.11. The van der Waals surface area contributed by atoms with Crippen LogP contribution in [0.4, 0.5) is 0 Å².